The van der Waals surface area contributed by atoms with Crippen molar-refractivity contribution in [1.82, 2.24) is 0 Å². The molecule has 2 nitrogen and oxygen atoms in total. The van der Waals surface area contributed by atoms with Crippen LogP contribution in [0.1, 0.15) is 101 Å². The molecule has 3 aliphatic carbocycles. The second-order valence-electron chi connectivity index (χ2n) is 23.8. The summed E-state index contributed by atoms with van der Waals surface area (Å²) in [5.41, 5.74) is -27.5. The number of hydrogen-bond acceptors (Lipinski definition) is 2. The first kappa shape index (κ1) is 78.2. The Morgan fingerprint density at radius 3 is 0.940 bits per heavy atom. The number of rotatable bonds is 10. The van der Waals surface area contributed by atoms with E-state index in [0.717, 1.165) is 25.2 Å². The summed E-state index contributed by atoms with van der Waals surface area (Å²) < 4.78 is 347. The van der Waals surface area contributed by atoms with Gasteiger partial charge in [0.15, 0.2) is 0 Å². The SMILES string of the molecule is C1=C(C2=NC(Cc3ccccc3)CO2)C2(CC1)CCC=C2P(c1ccccc1)c1ccccc1.C1=C\CC/C=C\CC/1.FC(F)(F)c1cc([B-](c2cc(C(F)(F)F)cc(C(F)(F)F)c2)(c2cc(C(F)(F)F)cc(C(F)(F)F)c2)c2cc(C(F)(F)F)cc(C(F)(F)F)c2)cc(C(F)(F)F)c1.[Ir]. The van der Waals surface area contributed by atoms with Gasteiger partial charge in [-0.15, -0.1) is 0 Å². The van der Waals surface area contributed by atoms with Gasteiger partial charge in [0, 0.05) is 31.1 Å². The van der Waals surface area contributed by atoms with E-state index in [-0.39, 0.29) is 31.6 Å². The number of benzene rings is 7. The van der Waals surface area contributed by atoms with E-state index in [2.05, 4.69) is 127 Å². The first-order valence-electron chi connectivity index (χ1n) is 30.3. The van der Waals surface area contributed by atoms with Crippen LogP contribution in [0.3, 0.4) is 0 Å². The van der Waals surface area contributed by atoms with E-state index in [0.29, 0.717) is 6.61 Å². The van der Waals surface area contributed by atoms with Gasteiger partial charge in [-0.2, -0.15) is 127 Å². The van der Waals surface area contributed by atoms with Crippen LogP contribution in [0, 0.1) is 5.41 Å². The van der Waals surface area contributed by atoms with Gasteiger partial charge in [0.2, 0.25) is 5.90 Å². The summed E-state index contributed by atoms with van der Waals surface area (Å²) >= 11 is 0. The molecule has 2 atom stereocenters. The Morgan fingerprint density at radius 2 is 0.650 bits per heavy atom. The number of alkyl halides is 24. The summed E-state index contributed by atoms with van der Waals surface area (Å²) in [5, 5.41) is 4.46. The molecule has 2 unspecified atom stereocenters. The summed E-state index contributed by atoms with van der Waals surface area (Å²) in [4.78, 5) is 5.13. The molecule has 7 aromatic carbocycles. The number of aliphatic imine (C=N–C) groups is 1. The van der Waals surface area contributed by atoms with E-state index < -0.39 is 203 Å². The number of nitrogens with zero attached hydrogens (tertiary/aromatic N) is 1. The maximum atomic E-state index is 14.2. The van der Waals surface area contributed by atoms with Crippen molar-refractivity contribution >= 4 is 52.4 Å². The molecule has 1 spiro atoms. The van der Waals surface area contributed by atoms with E-state index >= 15 is 0 Å². The Hall–Kier alpha value is -7.57. The van der Waals surface area contributed by atoms with E-state index in [1.165, 1.54) is 60.3 Å². The molecule has 100 heavy (non-hydrogen) atoms. The predicted octanol–water partition coefficient (Wildman–Crippen LogP) is 20.4. The van der Waals surface area contributed by atoms with Gasteiger partial charge >= 0.3 is 49.4 Å². The Morgan fingerprint density at radius 1 is 0.370 bits per heavy atom. The monoisotopic (exact) mass is 1630 g/mol. The summed E-state index contributed by atoms with van der Waals surface area (Å²) in [5.74, 6) is 0.905. The molecule has 7 aromatic rings. The predicted molar refractivity (Wildman–Crippen MR) is 330 cm³/mol. The first-order chi connectivity index (χ1) is 46.1. The van der Waals surface area contributed by atoms with Crippen molar-refractivity contribution in [3.8, 4) is 0 Å². The molecule has 0 bridgehead atoms. The fourth-order valence-corrected chi connectivity index (χ4v) is 15.6. The van der Waals surface area contributed by atoms with Gasteiger partial charge < -0.3 is 4.74 Å². The van der Waals surface area contributed by atoms with Gasteiger partial charge in [-0.05, 0) is 111 Å². The molecule has 0 aromatic heterocycles. The molecule has 1 aliphatic heterocycles. The zero-order valence-corrected chi connectivity index (χ0v) is 54.8. The molecule has 29 heteroatoms. The standard InChI is InChI=1S/C32H12BF24.C31H30NOP.C8H12.Ir/c34-25(35,36)13-1-14(26(37,38)39)6-21(5-13)33(22-7-15(27(40,41)42)2-16(8-22)28(43,44)45,23-9-17(29(46,47)48)3-18(10-23)30(49,50)51)24-11-19(31(52,53)54)4-20(12-24)32(55,56)57;1-4-12-24(13-5-1)22-25-23-33-30(32-25)28-18-10-20-31(28)21-11-19-29(31)34(26-14-6-2-7-15-26)27-16-8-3-9-17-27;1-2-4-6-8-7-5-3-1;/h1-12H;1-9,12-19,25H,10-11,20-23H2;1-2,7-8H,3-6H2;/q-1;;;/b;;2-1-,8-7-;. The van der Waals surface area contributed by atoms with Crippen molar-refractivity contribution in [3.63, 3.8) is 0 Å². The van der Waals surface area contributed by atoms with E-state index in [1.807, 2.05) is 0 Å². The second-order valence-corrected chi connectivity index (χ2v) is 26.0. The third-order valence-corrected chi connectivity index (χ3v) is 19.9. The molecule has 0 amide bonds. The Balaban J connectivity index is 0.000000246. The normalized spacial score (nSPS) is 18.4. The molecule has 1 radical (unpaired) electrons. The van der Waals surface area contributed by atoms with Crippen LogP contribution in [0.25, 0.3) is 0 Å². The van der Waals surface area contributed by atoms with Gasteiger partial charge in [0.25, 0.3) is 0 Å². The quantitative estimate of drug-likeness (QED) is 0.0579. The topological polar surface area (TPSA) is 21.6 Å². The van der Waals surface area contributed by atoms with Crippen molar-refractivity contribution < 1.29 is 130 Å². The molecule has 11 rings (SSSR count). The summed E-state index contributed by atoms with van der Waals surface area (Å²) in [7, 11) is -0.594. The van der Waals surface area contributed by atoms with Gasteiger partial charge in [0.05, 0.1) is 50.5 Å². The number of ether oxygens (including phenoxy) is 1. The Kier molecular flexibility index (Phi) is 23.6. The molecular weight excluding hydrogens is 1570 g/mol. The first-order valence-corrected chi connectivity index (χ1v) is 31.7. The Bertz CT molecular complexity index is 3640. The molecule has 0 N–H and O–H groups in total. The number of allylic oxidation sites excluding steroid dienone is 7. The van der Waals surface area contributed by atoms with Crippen LogP contribution in [-0.2, 0) is 80.7 Å². The smallest absolute Gasteiger partial charge is 0.416 e. The van der Waals surface area contributed by atoms with Crippen molar-refractivity contribution in [2.45, 2.75) is 113 Å². The van der Waals surface area contributed by atoms with Gasteiger partial charge in [0.1, 0.15) is 12.8 Å². The number of hydrogen-bond donors (Lipinski definition) is 0. The van der Waals surface area contributed by atoms with Gasteiger partial charge in [-0.3, -0.25) is 0 Å². The maximum absolute atomic E-state index is 14.2. The fourth-order valence-electron chi connectivity index (χ4n) is 12.8. The molecule has 0 fully saturated rings. The molecule has 1 heterocycles. The molecular formula is C71H54BF24IrNOP-. The van der Waals surface area contributed by atoms with E-state index in [9.17, 15) is 105 Å². The summed E-state index contributed by atoms with van der Waals surface area (Å²) in [6, 6.07) is 24.3. The average molecular weight is 1630 g/mol. The number of halogens is 24. The van der Waals surface area contributed by atoms with Crippen LogP contribution >= 0.6 is 7.92 Å². The van der Waals surface area contributed by atoms with Crippen LogP contribution in [0.5, 0.6) is 0 Å². The molecule has 0 saturated heterocycles. The molecule has 4 aliphatic rings. The summed E-state index contributed by atoms with van der Waals surface area (Å²) in [6.45, 7) is 0.683. The maximum Gasteiger partial charge on any atom is 0.416 e. The Labute approximate surface area is 571 Å². The van der Waals surface area contributed by atoms with Crippen LogP contribution < -0.4 is 32.5 Å². The second kappa shape index (κ2) is 30.2. The zero-order chi connectivity index (χ0) is 72.4. The third kappa shape index (κ3) is 18.2. The van der Waals surface area contributed by atoms with Crippen molar-refractivity contribution in [2.24, 2.45) is 10.4 Å². The van der Waals surface area contributed by atoms with E-state index in [4.69, 9.17) is 9.73 Å². The minimum Gasteiger partial charge on any atom is -0.475 e. The van der Waals surface area contributed by atoms with Gasteiger partial charge in [-0.25, -0.2) is 4.99 Å². The van der Waals surface area contributed by atoms with Crippen molar-refractivity contribution in [3.05, 3.63) is 261 Å². The van der Waals surface area contributed by atoms with Crippen LogP contribution in [0.4, 0.5) is 105 Å². The third-order valence-electron chi connectivity index (χ3n) is 17.1. The zero-order valence-electron chi connectivity index (χ0n) is 51.5. The fraction of sp³-hybridized carbons (Fsp3) is 0.282. The molecule has 0 saturated carbocycles. The largest absolute Gasteiger partial charge is 0.475 e. The van der Waals surface area contributed by atoms with E-state index in [1.54, 1.807) is 5.31 Å². The average Bonchev–Trinajstić information content (AvgIpc) is 0.821. The minimum absolute atomic E-state index is 0. The van der Waals surface area contributed by atoms with Crippen LogP contribution in [0.2, 0.25) is 0 Å². The minimum atomic E-state index is -6.13. The van der Waals surface area contributed by atoms with Crippen molar-refractivity contribution in [2.75, 3.05) is 6.61 Å². The van der Waals surface area contributed by atoms with Gasteiger partial charge in [-0.1, -0.05) is 176 Å². The summed E-state index contributed by atoms with van der Waals surface area (Å²) in [6.07, 6.45) is -30.3. The molecule has 535 valence electrons. The van der Waals surface area contributed by atoms with Crippen LogP contribution in [0.15, 0.2) is 216 Å². The van der Waals surface area contributed by atoms with Crippen molar-refractivity contribution in [1.29, 1.82) is 0 Å². The van der Waals surface area contributed by atoms with Crippen LogP contribution in [-0.4, -0.2) is 24.7 Å².